The summed E-state index contributed by atoms with van der Waals surface area (Å²) in [5.74, 6) is 1.99. The molecule has 2 rings (SSSR count). The maximum Gasteiger partial charge on any atom is 0.227 e. The number of ether oxygens (including phenoxy) is 1. The number of aromatic nitrogens is 3. The Morgan fingerprint density at radius 3 is 2.65 bits per heavy atom. The van der Waals surface area contributed by atoms with Crippen molar-refractivity contribution in [2.24, 2.45) is 0 Å². The molecule has 0 fully saturated rings. The molecule has 7 nitrogen and oxygen atoms in total. The number of hydrogen-bond donors (Lipinski definition) is 2. The van der Waals surface area contributed by atoms with Gasteiger partial charge in [-0.25, -0.2) is 9.97 Å². The van der Waals surface area contributed by atoms with Crippen molar-refractivity contribution in [2.75, 3.05) is 43.9 Å². The molecule has 0 aliphatic rings. The lowest BCUT2D eigenvalue weighted by Crippen LogP contribution is -2.25. The molecule has 0 aliphatic heterocycles. The third kappa shape index (κ3) is 6.15. The highest BCUT2D eigenvalue weighted by atomic mass is 16.5. The first-order valence-corrected chi connectivity index (χ1v) is 9.22. The molecule has 2 N–H and O–H groups in total. The van der Waals surface area contributed by atoms with Gasteiger partial charge in [-0.15, -0.1) is 0 Å². The predicted molar refractivity (Wildman–Crippen MR) is 106 cm³/mol. The summed E-state index contributed by atoms with van der Waals surface area (Å²) in [7, 11) is 1.67. The SMILES string of the molecule is CCN(CC)CCCNc1ncnc(NC(C)c2cccc(OC)c2)n1. The van der Waals surface area contributed by atoms with Crippen LogP contribution in [0, 0.1) is 0 Å². The lowest BCUT2D eigenvalue weighted by molar-refractivity contribution is 0.303. The fourth-order valence-electron chi connectivity index (χ4n) is 2.68. The molecule has 1 aromatic heterocycles. The zero-order chi connectivity index (χ0) is 18.8. The van der Waals surface area contributed by atoms with Crippen LogP contribution in [0.5, 0.6) is 5.75 Å². The quantitative estimate of drug-likeness (QED) is 0.597. The molecule has 1 atom stereocenters. The number of rotatable bonds is 11. The van der Waals surface area contributed by atoms with E-state index in [-0.39, 0.29) is 6.04 Å². The largest absolute Gasteiger partial charge is 0.497 e. The molecule has 0 saturated heterocycles. The van der Waals surface area contributed by atoms with Gasteiger partial charge in [-0.1, -0.05) is 26.0 Å². The van der Waals surface area contributed by atoms with Crippen molar-refractivity contribution < 1.29 is 4.74 Å². The fourth-order valence-corrected chi connectivity index (χ4v) is 2.68. The summed E-state index contributed by atoms with van der Waals surface area (Å²) in [5, 5.41) is 6.58. The fraction of sp³-hybridized carbons (Fsp3) is 0.526. The Morgan fingerprint density at radius 2 is 1.92 bits per heavy atom. The van der Waals surface area contributed by atoms with Crippen LogP contribution in [0.3, 0.4) is 0 Å². The van der Waals surface area contributed by atoms with Crippen LogP contribution >= 0.6 is 0 Å². The van der Waals surface area contributed by atoms with Crippen molar-refractivity contribution in [1.29, 1.82) is 0 Å². The molecule has 0 amide bonds. The van der Waals surface area contributed by atoms with Crippen LogP contribution in [0.1, 0.15) is 38.8 Å². The monoisotopic (exact) mass is 358 g/mol. The summed E-state index contributed by atoms with van der Waals surface area (Å²) in [6.45, 7) is 10.5. The van der Waals surface area contributed by atoms with Crippen molar-refractivity contribution >= 4 is 11.9 Å². The second-order valence-corrected chi connectivity index (χ2v) is 6.08. The van der Waals surface area contributed by atoms with Gasteiger partial charge < -0.3 is 20.3 Å². The molecule has 0 saturated carbocycles. The van der Waals surface area contributed by atoms with E-state index in [9.17, 15) is 0 Å². The van der Waals surface area contributed by atoms with Gasteiger partial charge in [0.2, 0.25) is 11.9 Å². The van der Waals surface area contributed by atoms with Crippen LogP contribution in [0.4, 0.5) is 11.9 Å². The zero-order valence-electron chi connectivity index (χ0n) is 16.2. The van der Waals surface area contributed by atoms with Gasteiger partial charge in [0.05, 0.1) is 13.2 Å². The molecule has 142 valence electrons. The highest BCUT2D eigenvalue weighted by molar-refractivity contribution is 5.38. The number of nitrogens with zero attached hydrogens (tertiary/aromatic N) is 4. The lowest BCUT2D eigenvalue weighted by Gasteiger charge is -2.18. The topological polar surface area (TPSA) is 75.2 Å². The average molecular weight is 358 g/mol. The first-order valence-electron chi connectivity index (χ1n) is 9.22. The number of benzene rings is 1. The summed E-state index contributed by atoms with van der Waals surface area (Å²) in [6.07, 6.45) is 2.58. The van der Waals surface area contributed by atoms with Crippen LogP contribution < -0.4 is 15.4 Å². The van der Waals surface area contributed by atoms with Gasteiger partial charge in [-0.05, 0) is 50.7 Å². The molecular formula is C19H30N6O. The Bertz CT molecular complexity index is 662. The third-order valence-corrected chi connectivity index (χ3v) is 4.34. The molecule has 1 unspecified atom stereocenters. The molecule has 0 spiro atoms. The van der Waals surface area contributed by atoms with Gasteiger partial charge >= 0.3 is 0 Å². The van der Waals surface area contributed by atoms with Gasteiger partial charge in [-0.3, -0.25) is 0 Å². The predicted octanol–water partition coefficient (Wildman–Crippen LogP) is 3.20. The maximum atomic E-state index is 5.28. The number of anilines is 2. The molecule has 2 aromatic rings. The Hall–Kier alpha value is -2.41. The molecule has 7 heteroatoms. The Balaban J connectivity index is 1.87. The third-order valence-electron chi connectivity index (χ3n) is 4.34. The Kier molecular flexibility index (Phi) is 8.08. The smallest absolute Gasteiger partial charge is 0.227 e. The van der Waals surface area contributed by atoms with E-state index in [1.807, 2.05) is 24.3 Å². The number of hydrogen-bond acceptors (Lipinski definition) is 7. The van der Waals surface area contributed by atoms with Crippen molar-refractivity contribution in [2.45, 2.75) is 33.2 Å². The second-order valence-electron chi connectivity index (χ2n) is 6.08. The van der Waals surface area contributed by atoms with Gasteiger partial charge in [0.25, 0.3) is 0 Å². The van der Waals surface area contributed by atoms with Crippen LogP contribution in [0.15, 0.2) is 30.6 Å². The van der Waals surface area contributed by atoms with E-state index in [1.54, 1.807) is 7.11 Å². The molecular weight excluding hydrogens is 328 g/mol. The lowest BCUT2D eigenvalue weighted by atomic mass is 10.1. The molecule has 0 bridgehead atoms. The van der Waals surface area contributed by atoms with Gasteiger partial charge in [0, 0.05) is 6.54 Å². The minimum Gasteiger partial charge on any atom is -0.497 e. The van der Waals surface area contributed by atoms with Gasteiger partial charge in [0.15, 0.2) is 0 Å². The molecule has 26 heavy (non-hydrogen) atoms. The summed E-state index contributed by atoms with van der Waals surface area (Å²) >= 11 is 0. The van der Waals surface area contributed by atoms with E-state index < -0.39 is 0 Å². The molecule has 0 radical (unpaired) electrons. The Morgan fingerprint density at radius 1 is 1.15 bits per heavy atom. The highest BCUT2D eigenvalue weighted by Crippen LogP contribution is 2.21. The van der Waals surface area contributed by atoms with Crippen molar-refractivity contribution in [3.05, 3.63) is 36.2 Å². The summed E-state index contributed by atoms with van der Waals surface area (Å²) in [6, 6.07) is 8.02. The van der Waals surface area contributed by atoms with E-state index in [0.29, 0.717) is 11.9 Å². The molecule has 1 heterocycles. The first-order chi connectivity index (χ1) is 12.7. The van der Waals surface area contributed by atoms with Gasteiger partial charge in [-0.2, -0.15) is 4.98 Å². The van der Waals surface area contributed by atoms with Crippen LogP contribution in [0.25, 0.3) is 0 Å². The standard InChI is InChI=1S/C19H30N6O/c1-5-25(6-2)12-8-11-20-18-21-14-22-19(24-18)23-15(3)16-9-7-10-17(13-16)26-4/h7,9-10,13-15H,5-6,8,11-12H2,1-4H3,(H2,20,21,22,23,24). The van der Waals surface area contributed by atoms with E-state index in [0.717, 1.165) is 43.9 Å². The Labute approximate surface area is 156 Å². The summed E-state index contributed by atoms with van der Waals surface area (Å²) in [5.41, 5.74) is 1.11. The second kappa shape index (κ2) is 10.6. The van der Waals surface area contributed by atoms with Crippen LogP contribution in [-0.4, -0.2) is 53.1 Å². The molecule has 0 aliphatic carbocycles. The minimum atomic E-state index is 0.0583. The van der Waals surface area contributed by atoms with Gasteiger partial charge in [0.1, 0.15) is 12.1 Å². The number of nitrogens with one attached hydrogen (secondary N) is 2. The van der Waals surface area contributed by atoms with E-state index in [4.69, 9.17) is 4.74 Å². The van der Waals surface area contributed by atoms with Crippen molar-refractivity contribution in [3.63, 3.8) is 0 Å². The van der Waals surface area contributed by atoms with E-state index >= 15 is 0 Å². The van der Waals surface area contributed by atoms with Crippen molar-refractivity contribution in [3.8, 4) is 5.75 Å². The summed E-state index contributed by atoms with van der Waals surface area (Å²) < 4.78 is 5.28. The van der Waals surface area contributed by atoms with Crippen molar-refractivity contribution in [1.82, 2.24) is 19.9 Å². The number of methoxy groups -OCH3 is 1. The maximum absolute atomic E-state index is 5.28. The van der Waals surface area contributed by atoms with Crippen LogP contribution in [0.2, 0.25) is 0 Å². The molecule has 1 aromatic carbocycles. The highest BCUT2D eigenvalue weighted by Gasteiger charge is 2.09. The normalized spacial score (nSPS) is 12.0. The first kappa shape index (κ1) is 19.9. The van der Waals surface area contributed by atoms with Crippen LogP contribution in [-0.2, 0) is 0 Å². The summed E-state index contributed by atoms with van der Waals surface area (Å²) in [4.78, 5) is 15.3. The minimum absolute atomic E-state index is 0.0583. The average Bonchev–Trinajstić information content (AvgIpc) is 2.68. The van der Waals surface area contributed by atoms with E-state index in [1.165, 1.54) is 6.33 Å². The van der Waals surface area contributed by atoms with E-state index in [2.05, 4.69) is 51.3 Å². The zero-order valence-corrected chi connectivity index (χ0v) is 16.2.